The van der Waals surface area contributed by atoms with Crippen LogP contribution in [0.5, 0.6) is 5.75 Å². The van der Waals surface area contributed by atoms with E-state index < -0.39 is 12.1 Å². The highest BCUT2D eigenvalue weighted by molar-refractivity contribution is 5.66. The number of benzene rings is 1. The summed E-state index contributed by atoms with van der Waals surface area (Å²) in [6.45, 7) is 1.92. The molecule has 0 aromatic heterocycles. The summed E-state index contributed by atoms with van der Waals surface area (Å²) in [7, 11) is 1.61. The van der Waals surface area contributed by atoms with Crippen LogP contribution in [-0.4, -0.2) is 25.8 Å². The third kappa shape index (κ3) is 5.89. The van der Waals surface area contributed by atoms with Gasteiger partial charge in [-0.25, -0.2) is 0 Å². The maximum absolute atomic E-state index is 10.8. The topological polar surface area (TPSA) is 68.6 Å². The van der Waals surface area contributed by atoms with Crippen LogP contribution in [0.15, 0.2) is 24.3 Å². The zero-order chi connectivity index (χ0) is 14.1. The molecule has 0 aliphatic rings. The van der Waals surface area contributed by atoms with Gasteiger partial charge in [-0.3, -0.25) is 4.79 Å². The van der Waals surface area contributed by atoms with Gasteiger partial charge in [-0.15, -0.1) is 0 Å². The van der Waals surface area contributed by atoms with Gasteiger partial charge < -0.3 is 14.2 Å². The lowest BCUT2D eigenvalue weighted by atomic mass is 10.2. The van der Waals surface area contributed by atoms with Gasteiger partial charge in [0.15, 0.2) is 0 Å². The van der Waals surface area contributed by atoms with Gasteiger partial charge in [-0.05, 0) is 17.7 Å². The van der Waals surface area contributed by atoms with E-state index in [2.05, 4.69) is 0 Å². The fourth-order valence-electron chi connectivity index (χ4n) is 1.50. The van der Waals surface area contributed by atoms with Gasteiger partial charge in [0, 0.05) is 6.92 Å². The van der Waals surface area contributed by atoms with E-state index in [1.54, 1.807) is 7.11 Å². The Morgan fingerprint density at radius 2 is 2.05 bits per heavy atom. The quantitative estimate of drug-likeness (QED) is 0.704. The van der Waals surface area contributed by atoms with Crippen molar-refractivity contribution in [3.05, 3.63) is 29.8 Å². The normalized spacial score (nSPS) is 11.4. The summed E-state index contributed by atoms with van der Waals surface area (Å²) >= 11 is 0. The van der Waals surface area contributed by atoms with E-state index in [-0.39, 0.29) is 13.0 Å². The van der Waals surface area contributed by atoms with Crippen LogP contribution < -0.4 is 4.74 Å². The average Bonchev–Trinajstić information content (AvgIpc) is 2.39. The third-order valence-electron chi connectivity index (χ3n) is 2.38. The van der Waals surface area contributed by atoms with Crippen LogP contribution in [0.25, 0.3) is 0 Å². The minimum Gasteiger partial charge on any atom is -0.497 e. The van der Waals surface area contributed by atoms with Crippen molar-refractivity contribution < 1.29 is 19.0 Å². The number of esters is 1. The molecule has 0 fully saturated rings. The molecule has 1 rings (SSSR count). The Labute approximate surface area is 112 Å². The van der Waals surface area contributed by atoms with Gasteiger partial charge in [-0.2, -0.15) is 5.26 Å². The SMILES string of the molecule is COc1ccc(COC[C@@H](CC#N)OC(C)=O)cc1. The van der Waals surface area contributed by atoms with Gasteiger partial charge >= 0.3 is 5.97 Å². The van der Waals surface area contributed by atoms with E-state index in [9.17, 15) is 4.79 Å². The molecule has 0 N–H and O–H groups in total. The van der Waals surface area contributed by atoms with Crippen LogP contribution in [0.2, 0.25) is 0 Å². The molecule has 0 saturated carbocycles. The van der Waals surface area contributed by atoms with Crippen LogP contribution in [0.4, 0.5) is 0 Å². The van der Waals surface area contributed by atoms with Crippen molar-refractivity contribution in [1.82, 2.24) is 0 Å². The van der Waals surface area contributed by atoms with Crippen molar-refractivity contribution in [2.24, 2.45) is 0 Å². The standard InChI is InChI=1S/C14H17NO4/c1-11(16)19-14(7-8-15)10-18-9-12-3-5-13(17-2)6-4-12/h3-6,14H,7,9-10H2,1-2H3/t14-/m1/s1. The summed E-state index contributed by atoms with van der Waals surface area (Å²) in [5, 5.41) is 8.61. The molecule has 102 valence electrons. The summed E-state index contributed by atoms with van der Waals surface area (Å²) in [5.41, 5.74) is 0.985. The molecule has 0 heterocycles. The molecule has 19 heavy (non-hydrogen) atoms. The molecule has 0 spiro atoms. The lowest BCUT2D eigenvalue weighted by molar-refractivity contribution is -0.149. The Morgan fingerprint density at radius 1 is 1.37 bits per heavy atom. The molecule has 1 atom stereocenters. The molecule has 0 aliphatic carbocycles. The second kappa shape index (κ2) is 8.11. The van der Waals surface area contributed by atoms with Crippen molar-refractivity contribution in [3.8, 4) is 11.8 Å². The Hall–Kier alpha value is -2.06. The second-order valence-electron chi connectivity index (χ2n) is 3.96. The molecule has 1 aromatic carbocycles. The maximum Gasteiger partial charge on any atom is 0.303 e. The van der Waals surface area contributed by atoms with Crippen LogP contribution in [0.1, 0.15) is 18.9 Å². The van der Waals surface area contributed by atoms with E-state index in [1.807, 2.05) is 30.3 Å². The molecule has 0 amide bonds. The molecule has 0 aliphatic heterocycles. The van der Waals surface area contributed by atoms with Gasteiger partial charge in [0.1, 0.15) is 11.9 Å². The molecular weight excluding hydrogens is 246 g/mol. The summed E-state index contributed by atoms with van der Waals surface area (Å²) in [6.07, 6.45) is -0.386. The number of ether oxygens (including phenoxy) is 3. The molecule has 0 unspecified atom stereocenters. The minimum atomic E-state index is -0.513. The maximum atomic E-state index is 10.8. The molecule has 5 heteroatoms. The fourth-order valence-corrected chi connectivity index (χ4v) is 1.50. The number of nitriles is 1. The first-order valence-electron chi connectivity index (χ1n) is 5.90. The fraction of sp³-hybridized carbons (Fsp3) is 0.429. The van der Waals surface area contributed by atoms with E-state index in [0.717, 1.165) is 11.3 Å². The van der Waals surface area contributed by atoms with E-state index >= 15 is 0 Å². The van der Waals surface area contributed by atoms with Crippen molar-refractivity contribution in [1.29, 1.82) is 5.26 Å². The molecule has 0 radical (unpaired) electrons. The molecular formula is C14H17NO4. The van der Waals surface area contributed by atoms with Gasteiger partial charge in [0.25, 0.3) is 0 Å². The summed E-state index contributed by atoms with van der Waals surface area (Å²) in [4.78, 5) is 10.8. The van der Waals surface area contributed by atoms with Crippen molar-refractivity contribution in [2.75, 3.05) is 13.7 Å². The molecule has 0 bridgehead atoms. The van der Waals surface area contributed by atoms with Crippen molar-refractivity contribution in [2.45, 2.75) is 26.1 Å². The molecule has 1 aromatic rings. The van der Waals surface area contributed by atoms with Crippen LogP contribution in [0, 0.1) is 11.3 Å². The largest absolute Gasteiger partial charge is 0.497 e. The van der Waals surface area contributed by atoms with E-state index in [1.165, 1.54) is 6.92 Å². The first-order chi connectivity index (χ1) is 9.15. The average molecular weight is 263 g/mol. The first-order valence-corrected chi connectivity index (χ1v) is 5.90. The van der Waals surface area contributed by atoms with Crippen LogP contribution >= 0.6 is 0 Å². The Kier molecular flexibility index (Phi) is 6.41. The number of carbonyl (C=O) groups is 1. The third-order valence-corrected chi connectivity index (χ3v) is 2.38. The number of methoxy groups -OCH3 is 1. The highest BCUT2D eigenvalue weighted by atomic mass is 16.6. The number of nitrogens with zero attached hydrogens (tertiary/aromatic N) is 1. The Balaban J connectivity index is 2.38. The second-order valence-corrected chi connectivity index (χ2v) is 3.96. The monoisotopic (exact) mass is 263 g/mol. The Bertz CT molecular complexity index is 436. The predicted molar refractivity (Wildman–Crippen MR) is 68.4 cm³/mol. The lowest BCUT2D eigenvalue weighted by Crippen LogP contribution is -2.21. The first kappa shape index (κ1) is 15.0. The predicted octanol–water partition coefficient (Wildman–Crippen LogP) is 2.06. The highest BCUT2D eigenvalue weighted by Gasteiger charge is 2.11. The molecule has 0 saturated heterocycles. The number of hydrogen-bond acceptors (Lipinski definition) is 5. The van der Waals surface area contributed by atoms with E-state index in [0.29, 0.717) is 6.61 Å². The summed E-state index contributed by atoms with van der Waals surface area (Å²) in [6, 6.07) is 9.44. The summed E-state index contributed by atoms with van der Waals surface area (Å²) in [5.74, 6) is 0.374. The number of rotatable bonds is 7. The van der Waals surface area contributed by atoms with Crippen LogP contribution in [0.3, 0.4) is 0 Å². The van der Waals surface area contributed by atoms with E-state index in [4.69, 9.17) is 19.5 Å². The van der Waals surface area contributed by atoms with Crippen molar-refractivity contribution in [3.63, 3.8) is 0 Å². The highest BCUT2D eigenvalue weighted by Crippen LogP contribution is 2.12. The van der Waals surface area contributed by atoms with Gasteiger partial charge in [0.05, 0.1) is 32.8 Å². The molecule has 5 nitrogen and oxygen atoms in total. The van der Waals surface area contributed by atoms with Gasteiger partial charge in [0.2, 0.25) is 0 Å². The Morgan fingerprint density at radius 3 is 2.58 bits per heavy atom. The smallest absolute Gasteiger partial charge is 0.303 e. The van der Waals surface area contributed by atoms with Crippen LogP contribution in [-0.2, 0) is 20.9 Å². The zero-order valence-corrected chi connectivity index (χ0v) is 11.1. The lowest BCUT2D eigenvalue weighted by Gasteiger charge is -2.14. The van der Waals surface area contributed by atoms with Crippen molar-refractivity contribution >= 4 is 5.97 Å². The van der Waals surface area contributed by atoms with Gasteiger partial charge in [-0.1, -0.05) is 12.1 Å². The summed E-state index contributed by atoms with van der Waals surface area (Å²) < 4.78 is 15.5. The number of carbonyl (C=O) groups excluding carboxylic acids is 1. The minimum absolute atomic E-state index is 0.127. The number of hydrogen-bond donors (Lipinski definition) is 0. The zero-order valence-electron chi connectivity index (χ0n) is 11.1.